The van der Waals surface area contributed by atoms with Gasteiger partial charge in [-0.2, -0.15) is 0 Å². The lowest BCUT2D eigenvalue weighted by Crippen LogP contribution is -2.25. The molecule has 0 aliphatic heterocycles. The van der Waals surface area contributed by atoms with E-state index in [9.17, 15) is 4.79 Å². The van der Waals surface area contributed by atoms with Gasteiger partial charge in [0.1, 0.15) is 0 Å². The summed E-state index contributed by atoms with van der Waals surface area (Å²) < 4.78 is 0. The summed E-state index contributed by atoms with van der Waals surface area (Å²) >= 11 is 0. The average molecular weight is 232 g/mol. The van der Waals surface area contributed by atoms with E-state index in [1.54, 1.807) is 0 Å². The van der Waals surface area contributed by atoms with E-state index in [1.807, 2.05) is 24.3 Å². The van der Waals surface area contributed by atoms with Gasteiger partial charge in [0.05, 0.1) is 0 Å². The van der Waals surface area contributed by atoms with Gasteiger partial charge >= 0.3 is 0 Å². The largest absolute Gasteiger partial charge is 0.385 e. The Kier molecular flexibility index (Phi) is 4.02. The van der Waals surface area contributed by atoms with Crippen LogP contribution in [0, 0.1) is 0 Å². The minimum atomic E-state index is 0.0478. The van der Waals surface area contributed by atoms with Gasteiger partial charge in [-0.3, -0.25) is 4.79 Å². The smallest absolute Gasteiger partial charge is 0.251 e. The van der Waals surface area contributed by atoms with Crippen molar-refractivity contribution in [1.82, 2.24) is 5.32 Å². The molecule has 1 aliphatic carbocycles. The Hall–Kier alpha value is -1.51. The summed E-state index contributed by atoms with van der Waals surface area (Å²) in [4.78, 5) is 11.8. The minimum Gasteiger partial charge on any atom is -0.385 e. The molecule has 0 atom stereocenters. The number of hydrogen-bond acceptors (Lipinski definition) is 2. The lowest BCUT2D eigenvalue weighted by Gasteiger charge is -2.08. The van der Waals surface area contributed by atoms with Gasteiger partial charge in [-0.05, 0) is 37.5 Å². The first-order valence-corrected chi connectivity index (χ1v) is 6.44. The van der Waals surface area contributed by atoms with E-state index in [-0.39, 0.29) is 5.91 Å². The first-order chi connectivity index (χ1) is 8.29. The summed E-state index contributed by atoms with van der Waals surface area (Å²) in [6.07, 6.45) is 4.58. The van der Waals surface area contributed by atoms with Crippen molar-refractivity contribution < 1.29 is 4.79 Å². The molecule has 0 spiro atoms. The maximum Gasteiger partial charge on any atom is 0.251 e. The second-order valence-corrected chi connectivity index (χ2v) is 4.61. The summed E-state index contributed by atoms with van der Waals surface area (Å²) in [5.74, 6) is 0.0478. The molecule has 3 heteroatoms. The molecular formula is C14H20N2O. The standard InChI is InChI=1S/C14H20N2O/c1-2-3-9-15-13-6-4-5-11(10-13)14(17)16-12-7-8-12/h4-6,10,12,15H,2-3,7-9H2,1H3,(H,16,17). The zero-order chi connectivity index (χ0) is 12.1. The van der Waals surface area contributed by atoms with E-state index in [1.165, 1.54) is 6.42 Å². The Bertz CT molecular complexity index is 386. The van der Waals surface area contributed by atoms with E-state index in [0.717, 1.165) is 37.1 Å². The topological polar surface area (TPSA) is 41.1 Å². The van der Waals surface area contributed by atoms with Crippen LogP contribution in [-0.2, 0) is 0 Å². The van der Waals surface area contributed by atoms with E-state index in [2.05, 4.69) is 17.6 Å². The number of amides is 1. The Labute approximate surface area is 103 Å². The number of unbranched alkanes of at least 4 members (excludes halogenated alkanes) is 1. The Balaban J connectivity index is 1.92. The molecule has 1 aromatic carbocycles. The van der Waals surface area contributed by atoms with Crippen molar-refractivity contribution in [2.24, 2.45) is 0 Å². The zero-order valence-electron chi connectivity index (χ0n) is 10.3. The van der Waals surface area contributed by atoms with Gasteiger partial charge in [0.25, 0.3) is 5.91 Å². The summed E-state index contributed by atoms with van der Waals surface area (Å²) in [6.45, 7) is 3.13. The fourth-order valence-electron chi connectivity index (χ4n) is 1.68. The maximum atomic E-state index is 11.8. The number of benzene rings is 1. The van der Waals surface area contributed by atoms with Crippen LogP contribution in [0.25, 0.3) is 0 Å². The van der Waals surface area contributed by atoms with Crippen LogP contribution >= 0.6 is 0 Å². The van der Waals surface area contributed by atoms with Crippen molar-refractivity contribution in [2.75, 3.05) is 11.9 Å². The Morgan fingerprint density at radius 1 is 1.41 bits per heavy atom. The van der Waals surface area contributed by atoms with Crippen LogP contribution < -0.4 is 10.6 Å². The molecule has 0 saturated heterocycles. The predicted octanol–water partition coefficient (Wildman–Crippen LogP) is 2.79. The molecule has 2 rings (SSSR count). The summed E-state index contributed by atoms with van der Waals surface area (Å²) in [7, 11) is 0. The van der Waals surface area contributed by atoms with Crippen LogP contribution in [0.1, 0.15) is 43.0 Å². The highest BCUT2D eigenvalue weighted by Crippen LogP contribution is 2.20. The molecular weight excluding hydrogens is 212 g/mol. The molecule has 0 unspecified atom stereocenters. The van der Waals surface area contributed by atoms with Crippen LogP contribution in [0.15, 0.2) is 24.3 Å². The highest BCUT2D eigenvalue weighted by atomic mass is 16.1. The molecule has 17 heavy (non-hydrogen) atoms. The van der Waals surface area contributed by atoms with Crippen LogP contribution in [-0.4, -0.2) is 18.5 Å². The van der Waals surface area contributed by atoms with E-state index in [4.69, 9.17) is 0 Å². The molecule has 1 amide bonds. The molecule has 2 N–H and O–H groups in total. The van der Waals surface area contributed by atoms with E-state index in [0.29, 0.717) is 6.04 Å². The number of carbonyl (C=O) groups is 1. The average Bonchev–Trinajstić information content (AvgIpc) is 3.14. The van der Waals surface area contributed by atoms with Crippen LogP contribution in [0.4, 0.5) is 5.69 Å². The van der Waals surface area contributed by atoms with Crippen LogP contribution in [0.2, 0.25) is 0 Å². The number of rotatable bonds is 6. The second kappa shape index (κ2) is 5.71. The van der Waals surface area contributed by atoms with Gasteiger partial charge in [0.2, 0.25) is 0 Å². The van der Waals surface area contributed by atoms with Gasteiger partial charge in [0.15, 0.2) is 0 Å². The van der Waals surface area contributed by atoms with Crippen LogP contribution in [0.5, 0.6) is 0 Å². The molecule has 0 aromatic heterocycles. The molecule has 1 saturated carbocycles. The normalized spacial score (nSPS) is 14.4. The third-order valence-electron chi connectivity index (χ3n) is 2.90. The fraction of sp³-hybridized carbons (Fsp3) is 0.500. The predicted molar refractivity (Wildman–Crippen MR) is 70.3 cm³/mol. The summed E-state index contributed by atoms with van der Waals surface area (Å²) in [5.41, 5.74) is 1.78. The SMILES string of the molecule is CCCCNc1cccc(C(=O)NC2CC2)c1. The molecule has 92 valence electrons. The zero-order valence-corrected chi connectivity index (χ0v) is 10.3. The quantitative estimate of drug-likeness (QED) is 0.740. The number of hydrogen-bond donors (Lipinski definition) is 2. The molecule has 0 heterocycles. The van der Waals surface area contributed by atoms with Crippen molar-refractivity contribution in [3.05, 3.63) is 29.8 Å². The third kappa shape index (κ3) is 3.77. The van der Waals surface area contributed by atoms with E-state index >= 15 is 0 Å². The summed E-state index contributed by atoms with van der Waals surface area (Å²) in [5, 5.41) is 6.33. The Morgan fingerprint density at radius 2 is 2.24 bits per heavy atom. The molecule has 1 aliphatic rings. The lowest BCUT2D eigenvalue weighted by molar-refractivity contribution is 0.0951. The number of nitrogens with one attached hydrogen (secondary N) is 2. The van der Waals surface area contributed by atoms with Crippen LogP contribution in [0.3, 0.4) is 0 Å². The molecule has 0 bridgehead atoms. The number of carbonyl (C=O) groups excluding carboxylic acids is 1. The third-order valence-corrected chi connectivity index (χ3v) is 2.90. The number of anilines is 1. The summed E-state index contributed by atoms with van der Waals surface area (Å²) in [6, 6.07) is 8.13. The first-order valence-electron chi connectivity index (χ1n) is 6.44. The van der Waals surface area contributed by atoms with Crippen molar-refractivity contribution >= 4 is 11.6 Å². The van der Waals surface area contributed by atoms with Gasteiger partial charge in [-0.1, -0.05) is 19.4 Å². The molecule has 3 nitrogen and oxygen atoms in total. The van der Waals surface area contributed by atoms with Gasteiger partial charge < -0.3 is 10.6 Å². The van der Waals surface area contributed by atoms with Gasteiger partial charge in [0, 0.05) is 23.8 Å². The minimum absolute atomic E-state index is 0.0478. The fourth-order valence-corrected chi connectivity index (χ4v) is 1.68. The Morgan fingerprint density at radius 3 is 2.94 bits per heavy atom. The highest BCUT2D eigenvalue weighted by Gasteiger charge is 2.23. The molecule has 1 aromatic rings. The van der Waals surface area contributed by atoms with Crippen molar-refractivity contribution in [3.63, 3.8) is 0 Å². The lowest BCUT2D eigenvalue weighted by atomic mass is 10.2. The first kappa shape index (κ1) is 12.0. The highest BCUT2D eigenvalue weighted by molar-refractivity contribution is 5.95. The monoisotopic (exact) mass is 232 g/mol. The maximum absolute atomic E-state index is 11.8. The van der Waals surface area contributed by atoms with Crippen molar-refractivity contribution in [3.8, 4) is 0 Å². The van der Waals surface area contributed by atoms with Crippen molar-refractivity contribution in [1.29, 1.82) is 0 Å². The second-order valence-electron chi connectivity index (χ2n) is 4.61. The van der Waals surface area contributed by atoms with Gasteiger partial charge in [-0.15, -0.1) is 0 Å². The van der Waals surface area contributed by atoms with Crippen molar-refractivity contribution in [2.45, 2.75) is 38.6 Å². The molecule has 1 fully saturated rings. The molecule has 0 radical (unpaired) electrons. The van der Waals surface area contributed by atoms with Gasteiger partial charge in [-0.25, -0.2) is 0 Å². The van der Waals surface area contributed by atoms with E-state index < -0.39 is 0 Å².